The number of aryl methyl sites for hydroxylation is 1. The first-order valence-electron chi connectivity index (χ1n) is 11.0. The Morgan fingerprint density at radius 1 is 1.26 bits per heavy atom. The van der Waals surface area contributed by atoms with Crippen molar-refractivity contribution in [2.75, 3.05) is 32.8 Å². The Balaban J connectivity index is 1.55. The summed E-state index contributed by atoms with van der Waals surface area (Å²) >= 11 is 6.65. The van der Waals surface area contributed by atoms with Crippen molar-refractivity contribution in [2.24, 2.45) is 0 Å². The number of amides is 2. The van der Waals surface area contributed by atoms with E-state index in [4.69, 9.17) is 21.3 Å². The molecule has 2 aromatic rings. The summed E-state index contributed by atoms with van der Waals surface area (Å²) in [5.41, 5.74) is 3.39. The second-order valence-electron chi connectivity index (χ2n) is 8.19. The van der Waals surface area contributed by atoms with E-state index < -0.39 is 12.1 Å². The van der Waals surface area contributed by atoms with Crippen molar-refractivity contribution >= 4 is 34.5 Å². The molecule has 1 N–H and O–H groups in total. The average molecular weight is 446 g/mol. The molecule has 31 heavy (non-hydrogen) atoms. The predicted octanol–water partition coefficient (Wildman–Crippen LogP) is 3.43. The standard InChI is InChI=1S/C23H28ClN3O4/c1-2-11-31-23(30)26-9-10-27(16(13-26)14-28)22(29)15-7-8-18-20(12-15)25-19-6-4-3-5-17(19)21(18)24/h7-8,12,16,28H,2-6,9-11,13-14H2,1H3. The van der Waals surface area contributed by atoms with Crippen molar-refractivity contribution in [3.63, 3.8) is 0 Å². The van der Waals surface area contributed by atoms with Crippen LogP contribution in [0.2, 0.25) is 5.02 Å². The Labute approximate surface area is 186 Å². The van der Waals surface area contributed by atoms with Crippen LogP contribution in [0.15, 0.2) is 18.2 Å². The van der Waals surface area contributed by atoms with Crippen LogP contribution in [0.1, 0.15) is 47.8 Å². The lowest BCUT2D eigenvalue weighted by atomic mass is 9.94. The lowest BCUT2D eigenvalue weighted by Gasteiger charge is -2.40. The van der Waals surface area contributed by atoms with Gasteiger partial charge in [0, 0.05) is 36.3 Å². The second-order valence-corrected chi connectivity index (χ2v) is 8.56. The molecule has 1 aliphatic heterocycles. The number of nitrogens with zero attached hydrogens (tertiary/aromatic N) is 3. The van der Waals surface area contributed by atoms with Crippen LogP contribution in [-0.2, 0) is 17.6 Å². The molecule has 2 aliphatic rings. The van der Waals surface area contributed by atoms with Crippen LogP contribution >= 0.6 is 11.6 Å². The second kappa shape index (κ2) is 9.40. The van der Waals surface area contributed by atoms with Crippen LogP contribution in [-0.4, -0.2) is 70.8 Å². The maximum atomic E-state index is 13.3. The number of hydrogen-bond donors (Lipinski definition) is 1. The van der Waals surface area contributed by atoms with Crippen molar-refractivity contribution in [3.8, 4) is 0 Å². The number of piperazine rings is 1. The van der Waals surface area contributed by atoms with Crippen LogP contribution in [0, 0.1) is 0 Å². The normalized spacial score (nSPS) is 18.7. The summed E-state index contributed by atoms with van der Waals surface area (Å²) in [6, 6.07) is 4.93. The molecule has 1 saturated heterocycles. The number of rotatable bonds is 4. The fraction of sp³-hybridized carbons (Fsp3) is 0.522. The molecule has 8 heteroatoms. The van der Waals surface area contributed by atoms with Gasteiger partial charge in [-0.3, -0.25) is 9.78 Å². The van der Waals surface area contributed by atoms with Crippen molar-refractivity contribution in [1.82, 2.24) is 14.8 Å². The monoisotopic (exact) mass is 445 g/mol. The fourth-order valence-electron chi connectivity index (χ4n) is 4.39. The molecule has 2 heterocycles. The molecular formula is C23H28ClN3O4. The van der Waals surface area contributed by atoms with Crippen LogP contribution < -0.4 is 0 Å². The van der Waals surface area contributed by atoms with Crippen LogP contribution in [0.5, 0.6) is 0 Å². The Kier molecular flexibility index (Phi) is 6.62. The Hall–Kier alpha value is -2.38. The van der Waals surface area contributed by atoms with Crippen molar-refractivity contribution in [1.29, 1.82) is 0 Å². The van der Waals surface area contributed by atoms with E-state index in [2.05, 4.69) is 0 Å². The molecule has 1 atom stereocenters. The molecule has 1 fully saturated rings. The van der Waals surface area contributed by atoms with E-state index in [1.807, 2.05) is 13.0 Å². The smallest absolute Gasteiger partial charge is 0.409 e. The number of aliphatic hydroxyl groups excluding tert-OH is 1. The van der Waals surface area contributed by atoms with Gasteiger partial charge in [0.15, 0.2) is 0 Å². The minimum atomic E-state index is -0.480. The number of pyridine rings is 1. The van der Waals surface area contributed by atoms with E-state index in [0.717, 1.165) is 59.3 Å². The van der Waals surface area contributed by atoms with E-state index in [9.17, 15) is 14.7 Å². The molecule has 1 aliphatic carbocycles. The highest BCUT2D eigenvalue weighted by molar-refractivity contribution is 6.36. The van der Waals surface area contributed by atoms with Gasteiger partial charge in [0.25, 0.3) is 5.91 Å². The number of ether oxygens (including phenoxy) is 1. The van der Waals surface area contributed by atoms with Gasteiger partial charge in [-0.25, -0.2) is 4.79 Å². The molecular weight excluding hydrogens is 418 g/mol. The van der Waals surface area contributed by atoms with Crippen LogP contribution in [0.25, 0.3) is 10.9 Å². The third-order valence-corrected chi connectivity index (χ3v) is 6.51. The summed E-state index contributed by atoms with van der Waals surface area (Å²) in [6.07, 6.45) is 4.42. The summed E-state index contributed by atoms with van der Waals surface area (Å²) in [4.78, 5) is 33.4. The molecule has 0 bridgehead atoms. The number of aromatic nitrogens is 1. The molecule has 4 rings (SSSR count). The maximum absolute atomic E-state index is 13.3. The SMILES string of the molecule is CCCOC(=O)N1CCN(C(=O)c2ccc3c(Cl)c4c(nc3c2)CCCC4)C(CO)C1. The van der Waals surface area contributed by atoms with Crippen LogP contribution in [0.3, 0.4) is 0 Å². The van der Waals surface area contributed by atoms with Gasteiger partial charge in [0.1, 0.15) is 0 Å². The predicted molar refractivity (Wildman–Crippen MR) is 119 cm³/mol. The number of carbonyl (C=O) groups is 2. The molecule has 7 nitrogen and oxygen atoms in total. The van der Waals surface area contributed by atoms with Crippen molar-refractivity contribution in [3.05, 3.63) is 40.0 Å². The average Bonchev–Trinajstić information content (AvgIpc) is 2.81. The number of carbonyl (C=O) groups excluding carboxylic acids is 2. The molecule has 0 spiro atoms. The Morgan fingerprint density at radius 2 is 2.06 bits per heavy atom. The lowest BCUT2D eigenvalue weighted by Crippen LogP contribution is -2.58. The Morgan fingerprint density at radius 3 is 2.84 bits per heavy atom. The largest absolute Gasteiger partial charge is 0.449 e. The number of aliphatic hydroxyl groups is 1. The zero-order valence-corrected chi connectivity index (χ0v) is 18.5. The van der Waals surface area contributed by atoms with E-state index in [1.165, 1.54) is 0 Å². The minimum Gasteiger partial charge on any atom is -0.449 e. The molecule has 1 aromatic carbocycles. The molecule has 0 saturated carbocycles. The maximum Gasteiger partial charge on any atom is 0.409 e. The summed E-state index contributed by atoms with van der Waals surface area (Å²) < 4.78 is 5.19. The van der Waals surface area contributed by atoms with Gasteiger partial charge < -0.3 is 19.6 Å². The first-order chi connectivity index (χ1) is 15.0. The van der Waals surface area contributed by atoms with Gasteiger partial charge in [-0.05, 0) is 49.8 Å². The van der Waals surface area contributed by atoms with Gasteiger partial charge in [-0.1, -0.05) is 24.6 Å². The summed E-state index contributed by atoms with van der Waals surface area (Å²) in [5, 5.41) is 11.5. The summed E-state index contributed by atoms with van der Waals surface area (Å²) in [5.74, 6) is -0.182. The van der Waals surface area contributed by atoms with E-state index >= 15 is 0 Å². The highest BCUT2D eigenvalue weighted by Gasteiger charge is 2.33. The number of halogens is 1. The summed E-state index contributed by atoms with van der Waals surface area (Å²) in [6.45, 7) is 3.02. The third kappa shape index (κ3) is 4.34. The fourth-order valence-corrected chi connectivity index (χ4v) is 4.75. The van der Waals surface area contributed by atoms with Crippen LogP contribution in [0.4, 0.5) is 4.79 Å². The summed E-state index contributed by atoms with van der Waals surface area (Å²) in [7, 11) is 0. The molecule has 1 aromatic heterocycles. The van der Waals surface area contributed by atoms with E-state index in [-0.39, 0.29) is 19.1 Å². The zero-order chi connectivity index (χ0) is 22.0. The third-order valence-electron chi connectivity index (χ3n) is 6.08. The Bertz CT molecular complexity index is 996. The molecule has 1 unspecified atom stereocenters. The van der Waals surface area contributed by atoms with E-state index in [1.54, 1.807) is 21.9 Å². The van der Waals surface area contributed by atoms with Crippen molar-refractivity contribution in [2.45, 2.75) is 45.1 Å². The molecule has 166 valence electrons. The molecule has 2 amide bonds. The quantitative estimate of drug-likeness (QED) is 0.779. The highest BCUT2D eigenvalue weighted by atomic mass is 35.5. The molecule has 0 radical (unpaired) electrons. The van der Waals surface area contributed by atoms with Gasteiger partial charge >= 0.3 is 6.09 Å². The van der Waals surface area contributed by atoms with Gasteiger partial charge in [-0.2, -0.15) is 0 Å². The van der Waals surface area contributed by atoms with Crippen molar-refractivity contribution < 1.29 is 19.4 Å². The number of fused-ring (bicyclic) bond motifs is 2. The van der Waals surface area contributed by atoms with E-state index in [0.29, 0.717) is 25.3 Å². The lowest BCUT2D eigenvalue weighted by molar-refractivity contribution is 0.0247. The first kappa shape index (κ1) is 21.8. The first-order valence-corrected chi connectivity index (χ1v) is 11.4. The minimum absolute atomic E-state index is 0.182. The van der Waals surface area contributed by atoms with Gasteiger partial charge in [0.2, 0.25) is 0 Å². The zero-order valence-electron chi connectivity index (χ0n) is 17.8. The van der Waals surface area contributed by atoms with Gasteiger partial charge in [0.05, 0.1) is 29.8 Å². The number of hydrogen-bond acceptors (Lipinski definition) is 5. The highest BCUT2D eigenvalue weighted by Crippen LogP contribution is 2.33. The number of benzene rings is 1. The van der Waals surface area contributed by atoms with Gasteiger partial charge in [-0.15, -0.1) is 0 Å². The topological polar surface area (TPSA) is 83.0 Å².